The van der Waals surface area contributed by atoms with Crippen molar-refractivity contribution >= 4 is 10.0 Å². The molecule has 76 valence electrons. The molecule has 1 aliphatic rings. The summed E-state index contributed by atoms with van der Waals surface area (Å²) in [6.07, 6.45) is 1.25. The van der Waals surface area contributed by atoms with Crippen LogP contribution in [0.15, 0.2) is 0 Å². The second-order valence-corrected chi connectivity index (χ2v) is 4.39. The Morgan fingerprint density at radius 1 is 1.25 bits per heavy atom. The Bertz CT molecular complexity index is 200. The highest BCUT2D eigenvalue weighted by Gasteiger charge is 2.17. The van der Waals surface area contributed by atoms with Crippen molar-refractivity contribution in [3.05, 3.63) is 0 Å². The molecule has 0 aromatic rings. The molecule has 0 amide bonds. The highest BCUT2D eigenvalue weighted by Crippen LogP contribution is 1.97. The van der Waals surface area contributed by atoms with Gasteiger partial charge in [-0.25, -0.2) is 8.42 Å². The van der Waals surface area contributed by atoms with Crippen LogP contribution in [-0.2, 0) is 10.0 Å². The summed E-state index contributed by atoms with van der Waals surface area (Å²) in [6, 6.07) is 0. The van der Waals surface area contributed by atoms with Crippen molar-refractivity contribution in [2.75, 3.05) is 32.4 Å². The van der Waals surface area contributed by atoms with Gasteiger partial charge in [0.15, 0.2) is 0 Å². The van der Waals surface area contributed by atoms with Crippen molar-refractivity contribution in [2.45, 2.75) is 7.43 Å². The van der Waals surface area contributed by atoms with E-state index in [1.165, 1.54) is 10.6 Å². The van der Waals surface area contributed by atoms with Crippen LogP contribution in [0.3, 0.4) is 0 Å². The third kappa shape index (κ3) is 4.25. The Morgan fingerprint density at radius 2 is 1.67 bits per heavy atom. The lowest BCUT2D eigenvalue weighted by Crippen LogP contribution is -3.00. The van der Waals surface area contributed by atoms with Crippen LogP contribution in [0.25, 0.3) is 0 Å². The maximum atomic E-state index is 10.9. The smallest absolute Gasteiger partial charge is 0.211 e. The average molecular weight is 216 g/mol. The zero-order chi connectivity index (χ0) is 7.61. The second-order valence-electron chi connectivity index (χ2n) is 2.41. The topological polar surface area (TPSA) is 49.4 Å². The summed E-state index contributed by atoms with van der Waals surface area (Å²) in [7, 11) is -2.93. The molecule has 1 fully saturated rings. The molecule has 0 bridgehead atoms. The minimum Gasteiger partial charge on any atom is -1.00 e. The molecule has 0 spiro atoms. The lowest BCUT2D eigenvalue weighted by molar-refractivity contribution is -0.00000521. The van der Waals surface area contributed by atoms with Gasteiger partial charge in [-0.3, -0.25) is 0 Å². The van der Waals surface area contributed by atoms with E-state index in [4.69, 9.17) is 0 Å². The normalized spacial score (nSPS) is 19.1. The van der Waals surface area contributed by atoms with Crippen LogP contribution in [0, 0.1) is 0 Å². The SMILES string of the molecule is C.CS(=O)(=O)N1CCNCC1.[Cl-]. The number of hydrogen-bond acceptors (Lipinski definition) is 3. The number of nitrogens with one attached hydrogen (secondary N) is 1. The predicted molar refractivity (Wildman–Crippen MR) is 46.0 cm³/mol. The van der Waals surface area contributed by atoms with E-state index in [1.54, 1.807) is 0 Å². The van der Waals surface area contributed by atoms with E-state index in [1.807, 2.05) is 0 Å². The van der Waals surface area contributed by atoms with Gasteiger partial charge in [0.2, 0.25) is 10.0 Å². The van der Waals surface area contributed by atoms with Crippen LogP contribution in [0.5, 0.6) is 0 Å². The summed E-state index contributed by atoms with van der Waals surface area (Å²) in [4.78, 5) is 0. The largest absolute Gasteiger partial charge is 1.00 e. The Morgan fingerprint density at radius 3 is 1.92 bits per heavy atom. The predicted octanol–water partition coefficient (Wildman–Crippen LogP) is -3.51. The van der Waals surface area contributed by atoms with Crippen molar-refractivity contribution in [3.63, 3.8) is 0 Å². The first-order valence-electron chi connectivity index (χ1n) is 3.26. The molecule has 0 atom stereocenters. The van der Waals surface area contributed by atoms with Gasteiger partial charge < -0.3 is 17.7 Å². The van der Waals surface area contributed by atoms with E-state index in [2.05, 4.69) is 5.32 Å². The van der Waals surface area contributed by atoms with E-state index < -0.39 is 10.0 Å². The van der Waals surface area contributed by atoms with Gasteiger partial charge in [-0.1, -0.05) is 7.43 Å². The standard InChI is InChI=1S/C5H12N2O2S.CH4.ClH/c1-10(8,9)7-4-2-6-3-5-7;;/h6H,2-5H2,1H3;1H4;1H/p-1. The van der Waals surface area contributed by atoms with E-state index >= 15 is 0 Å². The van der Waals surface area contributed by atoms with Gasteiger partial charge in [0, 0.05) is 26.2 Å². The van der Waals surface area contributed by atoms with Crippen LogP contribution < -0.4 is 17.7 Å². The summed E-state index contributed by atoms with van der Waals surface area (Å²) >= 11 is 0. The number of sulfonamides is 1. The van der Waals surface area contributed by atoms with Crippen LogP contribution >= 0.6 is 0 Å². The average Bonchev–Trinajstić information content (AvgIpc) is 1.88. The van der Waals surface area contributed by atoms with E-state index in [-0.39, 0.29) is 19.8 Å². The zero-order valence-electron chi connectivity index (χ0n) is 6.38. The molecule has 0 saturated carbocycles. The third-order valence-electron chi connectivity index (χ3n) is 1.54. The molecular weight excluding hydrogens is 200 g/mol. The molecule has 12 heavy (non-hydrogen) atoms. The summed E-state index contributed by atoms with van der Waals surface area (Å²) < 4.78 is 23.3. The minimum absolute atomic E-state index is 0. The van der Waals surface area contributed by atoms with Gasteiger partial charge in [-0.15, -0.1) is 0 Å². The first kappa shape index (κ1) is 14.7. The second kappa shape index (κ2) is 5.75. The van der Waals surface area contributed by atoms with Gasteiger partial charge >= 0.3 is 0 Å². The quantitative estimate of drug-likeness (QED) is 0.494. The molecule has 0 unspecified atom stereocenters. The Kier molecular flexibility index (Phi) is 7.02. The van der Waals surface area contributed by atoms with E-state index in [9.17, 15) is 8.42 Å². The lowest BCUT2D eigenvalue weighted by atomic mass is 10.4. The van der Waals surface area contributed by atoms with Crippen LogP contribution in [-0.4, -0.2) is 45.2 Å². The molecule has 1 aliphatic heterocycles. The third-order valence-corrected chi connectivity index (χ3v) is 2.85. The summed E-state index contributed by atoms with van der Waals surface area (Å²) in [5, 5.41) is 3.08. The zero-order valence-corrected chi connectivity index (χ0v) is 7.95. The molecule has 4 nitrogen and oxygen atoms in total. The van der Waals surface area contributed by atoms with Gasteiger partial charge in [-0.2, -0.15) is 4.31 Å². The highest BCUT2D eigenvalue weighted by atomic mass is 35.5. The molecule has 0 aromatic carbocycles. The molecule has 1 saturated heterocycles. The first-order valence-corrected chi connectivity index (χ1v) is 5.11. The van der Waals surface area contributed by atoms with Crippen molar-refractivity contribution in [2.24, 2.45) is 0 Å². The van der Waals surface area contributed by atoms with E-state index in [0.29, 0.717) is 13.1 Å². The number of hydrogen-bond donors (Lipinski definition) is 1. The molecule has 1 rings (SSSR count). The fourth-order valence-corrected chi connectivity index (χ4v) is 1.82. The van der Waals surface area contributed by atoms with Crippen molar-refractivity contribution in [1.29, 1.82) is 0 Å². The Balaban J connectivity index is 0. The maximum absolute atomic E-state index is 10.9. The van der Waals surface area contributed by atoms with Crippen LogP contribution in [0.4, 0.5) is 0 Å². The van der Waals surface area contributed by atoms with E-state index in [0.717, 1.165) is 13.1 Å². The van der Waals surface area contributed by atoms with Crippen LogP contribution in [0.1, 0.15) is 7.43 Å². The summed E-state index contributed by atoms with van der Waals surface area (Å²) in [6.45, 7) is 2.76. The molecule has 0 aliphatic carbocycles. The molecule has 1 heterocycles. The fraction of sp³-hybridized carbons (Fsp3) is 1.00. The molecule has 0 radical (unpaired) electrons. The number of rotatable bonds is 1. The maximum Gasteiger partial charge on any atom is 0.211 e. The summed E-state index contributed by atoms with van der Waals surface area (Å²) in [5.74, 6) is 0. The first-order chi connectivity index (χ1) is 4.61. The van der Waals surface area contributed by atoms with Crippen molar-refractivity contribution in [3.8, 4) is 0 Å². The van der Waals surface area contributed by atoms with Gasteiger partial charge in [-0.05, 0) is 0 Å². The minimum atomic E-state index is -2.93. The van der Waals surface area contributed by atoms with Crippen molar-refractivity contribution < 1.29 is 20.8 Å². The van der Waals surface area contributed by atoms with Gasteiger partial charge in [0.05, 0.1) is 6.26 Å². The molecule has 0 aromatic heterocycles. The fourth-order valence-electron chi connectivity index (χ4n) is 0.976. The monoisotopic (exact) mass is 215 g/mol. The molecule has 1 N–H and O–H groups in total. The Hall–Kier alpha value is 0.160. The molecular formula is C6H16ClN2O2S-. The highest BCUT2D eigenvalue weighted by molar-refractivity contribution is 7.88. The number of halogens is 1. The van der Waals surface area contributed by atoms with Crippen molar-refractivity contribution in [1.82, 2.24) is 9.62 Å². The number of piperazine rings is 1. The molecule has 6 heteroatoms. The van der Waals surface area contributed by atoms with Crippen LogP contribution in [0.2, 0.25) is 0 Å². The van der Waals surface area contributed by atoms with Gasteiger partial charge in [0.25, 0.3) is 0 Å². The van der Waals surface area contributed by atoms with Gasteiger partial charge in [0.1, 0.15) is 0 Å². The summed E-state index contributed by atoms with van der Waals surface area (Å²) in [5.41, 5.74) is 0. The number of nitrogens with zero attached hydrogens (tertiary/aromatic N) is 1. The lowest BCUT2D eigenvalue weighted by Gasteiger charge is -2.24. The Labute approximate surface area is 80.8 Å².